The number of likely N-dealkylation sites (tertiary alicyclic amines) is 1. The molecule has 3 aromatic rings. The summed E-state index contributed by atoms with van der Waals surface area (Å²) in [5.74, 6) is 0.125. The molecule has 1 aliphatic carbocycles. The van der Waals surface area contributed by atoms with Crippen LogP contribution in [-0.2, 0) is 32.6 Å². The van der Waals surface area contributed by atoms with Gasteiger partial charge in [0.1, 0.15) is 0 Å². The molecule has 0 radical (unpaired) electrons. The number of methoxy groups -OCH3 is 1. The Morgan fingerprint density at radius 1 is 1.06 bits per heavy atom. The molecule has 36 heavy (non-hydrogen) atoms. The van der Waals surface area contributed by atoms with E-state index in [9.17, 15) is 9.59 Å². The van der Waals surface area contributed by atoms with Gasteiger partial charge in [-0.25, -0.2) is 0 Å². The maximum atomic E-state index is 13.0. The van der Waals surface area contributed by atoms with Crippen molar-refractivity contribution in [2.24, 2.45) is 0 Å². The van der Waals surface area contributed by atoms with Crippen LogP contribution in [0.1, 0.15) is 47.7 Å². The van der Waals surface area contributed by atoms with Gasteiger partial charge in [0.25, 0.3) is 0 Å². The van der Waals surface area contributed by atoms with E-state index in [-0.39, 0.29) is 29.4 Å². The van der Waals surface area contributed by atoms with Crippen molar-refractivity contribution in [1.82, 2.24) is 20.2 Å². The van der Waals surface area contributed by atoms with E-state index in [0.29, 0.717) is 32.4 Å². The molecule has 7 nitrogen and oxygen atoms in total. The first-order chi connectivity index (χ1) is 17.6. The molecule has 186 valence electrons. The summed E-state index contributed by atoms with van der Waals surface area (Å²) in [6.45, 7) is 1.33. The zero-order chi connectivity index (χ0) is 25.0. The number of rotatable bonds is 7. The van der Waals surface area contributed by atoms with Gasteiger partial charge in [-0.15, -0.1) is 0 Å². The van der Waals surface area contributed by atoms with E-state index >= 15 is 0 Å². The third kappa shape index (κ3) is 4.75. The van der Waals surface area contributed by atoms with Crippen LogP contribution in [0.25, 0.3) is 0 Å². The van der Waals surface area contributed by atoms with E-state index in [1.165, 1.54) is 5.56 Å². The number of nitrogens with zero attached hydrogens (tertiary/aromatic N) is 3. The minimum absolute atomic E-state index is 0.0169. The van der Waals surface area contributed by atoms with Crippen molar-refractivity contribution in [3.8, 4) is 0 Å². The molecule has 1 aromatic heterocycles. The second-order valence-electron chi connectivity index (χ2n) is 9.68. The highest BCUT2D eigenvalue weighted by Crippen LogP contribution is 2.52. The van der Waals surface area contributed by atoms with Crippen LogP contribution in [0.15, 0.2) is 73.2 Å². The zero-order valence-corrected chi connectivity index (χ0v) is 20.6. The zero-order valence-electron chi connectivity index (χ0n) is 20.6. The average Bonchev–Trinajstić information content (AvgIpc) is 3.17. The second-order valence-corrected chi connectivity index (χ2v) is 9.68. The first-order valence-electron chi connectivity index (χ1n) is 12.6. The minimum Gasteiger partial charge on any atom is -0.378 e. The van der Waals surface area contributed by atoms with E-state index in [0.717, 1.165) is 29.7 Å². The molecule has 1 aliphatic heterocycles. The number of hydrogen-bond donors (Lipinski definition) is 1. The summed E-state index contributed by atoms with van der Waals surface area (Å²) >= 11 is 0. The van der Waals surface area contributed by atoms with Crippen molar-refractivity contribution in [2.75, 3.05) is 20.2 Å². The Balaban J connectivity index is 1.29. The van der Waals surface area contributed by atoms with Gasteiger partial charge in [-0.2, -0.15) is 0 Å². The topological polar surface area (TPSA) is 84.4 Å². The Hall–Kier alpha value is -3.58. The van der Waals surface area contributed by atoms with Crippen LogP contribution in [0.5, 0.6) is 0 Å². The fraction of sp³-hybridized carbons (Fsp3) is 0.379. The summed E-state index contributed by atoms with van der Waals surface area (Å²) in [4.78, 5) is 36.3. The largest absolute Gasteiger partial charge is 0.378 e. The Bertz CT molecular complexity index is 1190. The lowest BCUT2D eigenvalue weighted by Crippen LogP contribution is -2.51. The number of piperidine rings is 1. The highest BCUT2D eigenvalue weighted by atomic mass is 16.5. The van der Waals surface area contributed by atoms with E-state index in [1.54, 1.807) is 25.7 Å². The molecule has 2 amide bonds. The van der Waals surface area contributed by atoms with Gasteiger partial charge >= 0.3 is 0 Å². The number of aromatic nitrogens is 2. The van der Waals surface area contributed by atoms with Gasteiger partial charge in [-0.1, -0.05) is 54.6 Å². The molecular formula is C29H32N4O3. The van der Waals surface area contributed by atoms with E-state index in [1.807, 2.05) is 41.3 Å². The second kappa shape index (κ2) is 10.6. The van der Waals surface area contributed by atoms with Crippen LogP contribution >= 0.6 is 0 Å². The van der Waals surface area contributed by atoms with Crippen molar-refractivity contribution in [3.05, 3.63) is 95.6 Å². The summed E-state index contributed by atoms with van der Waals surface area (Å²) in [7, 11) is 1.73. The molecule has 1 fully saturated rings. The fourth-order valence-electron chi connectivity index (χ4n) is 5.94. The van der Waals surface area contributed by atoms with Gasteiger partial charge < -0.3 is 15.0 Å². The molecular weight excluding hydrogens is 452 g/mol. The third-order valence-electron chi connectivity index (χ3n) is 7.68. The van der Waals surface area contributed by atoms with Crippen LogP contribution in [0.2, 0.25) is 0 Å². The van der Waals surface area contributed by atoms with Crippen LogP contribution in [-0.4, -0.2) is 53.0 Å². The smallest absolute Gasteiger partial charge is 0.224 e. The van der Waals surface area contributed by atoms with E-state index < -0.39 is 0 Å². The SMILES string of the molecule is CO[C@H]1[C@H](NC(=O)Cc2ccccc2)c2ccccc2C12CCN(C(=O)CCc1cnccn1)CC2. The quantitative estimate of drug-likeness (QED) is 0.556. The molecule has 2 aliphatic rings. The van der Waals surface area contributed by atoms with Crippen molar-refractivity contribution in [3.63, 3.8) is 0 Å². The van der Waals surface area contributed by atoms with Crippen LogP contribution in [0.3, 0.4) is 0 Å². The predicted molar refractivity (Wildman–Crippen MR) is 136 cm³/mol. The van der Waals surface area contributed by atoms with Gasteiger partial charge in [-0.3, -0.25) is 19.6 Å². The molecule has 0 unspecified atom stereocenters. The van der Waals surface area contributed by atoms with Gasteiger partial charge in [-0.05, 0) is 36.0 Å². The number of carbonyl (C=O) groups excluding carboxylic acids is 2. The molecule has 2 aromatic carbocycles. The van der Waals surface area contributed by atoms with Crippen molar-refractivity contribution >= 4 is 11.8 Å². The van der Waals surface area contributed by atoms with Crippen LogP contribution < -0.4 is 5.32 Å². The molecule has 0 bridgehead atoms. The maximum Gasteiger partial charge on any atom is 0.224 e. The molecule has 2 atom stereocenters. The number of amides is 2. The summed E-state index contributed by atoms with van der Waals surface area (Å²) < 4.78 is 6.12. The standard InChI is InChI=1S/C29H32N4O3/c1-36-28-27(32-25(34)19-21-7-3-2-4-8-21)23-9-5-6-10-24(23)29(28)13-17-33(18-14-29)26(35)12-11-22-20-30-15-16-31-22/h2-10,15-16,20,27-28H,11-14,17-19H2,1H3,(H,32,34)/t27-,28+/m1/s1. The van der Waals surface area contributed by atoms with E-state index in [4.69, 9.17) is 4.74 Å². The van der Waals surface area contributed by atoms with E-state index in [2.05, 4.69) is 33.5 Å². The van der Waals surface area contributed by atoms with Crippen LogP contribution in [0, 0.1) is 0 Å². The lowest BCUT2D eigenvalue weighted by atomic mass is 9.71. The lowest BCUT2D eigenvalue weighted by Gasteiger charge is -2.44. The minimum atomic E-state index is -0.238. The highest BCUT2D eigenvalue weighted by Gasteiger charge is 2.54. The summed E-state index contributed by atoms with van der Waals surface area (Å²) in [6.07, 6.45) is 7.75. The molecule has 1 N–H and O–H groups in total. The number of ether oxygens (including phenoxy) is 1. The summed E-state index contributed by atoms with van der Waals surface area (Å²) in [5, 5.41) is 3.27. The van der Waals surface area contributed by atoms with Crippen molar-refractivity contribution in [2.45, 2.75) is 49.7 Å². The highest BCUT2D eigenvalue weighted by molar-refractivity contribution is 5.79. The Kier molecular flexibility index (Phi) is 7.09. The predicted octanol–water partition coefficient (Wildman–Crippen LogP) is 3.40. The number of aryl methyl sites for hydroxylation is 1. The number of hydrogen-bond acceptors (Lipinski definition) is 5. The summed E-state index contributed by atoms with van der Waals surface area (Å²) in [6, 6.07) is 17.9. The Morgan fingerprint density at radius 3 is 2.53 bits per heavy atom. The first kappa shape index (κ1) is 24.1. The molecule has 1 saturated heterocycles. The van der Waals surface area contributed by atoms with Gasteiger partial charge in [0.2, 0.25) is 11.8 Å². The van der Waals surface area contributed by atoms with Crippen molar-refractivity contribution < 1.29 is 14.3 Å². The van der Waals surface area contributed by atoms with Gasteiger partial charge in [0, 0.05) is 50.6 Å². The number of carbonyl (C=O) groups is 2. The molecule has 0 saturated carbocycles. The average molecular weight is 485 g/mol. The molecule has 1 spiro atoms. The Labute approximate surface area is 211 Å². The number of nitrogens with one attached hydrogen (secondary N) is 1. The fourth-order valence-corrected chi connectivity index (χ4v) is 5.94. The van der Waals surface area contributed by atoms with Gasteiger partial charge in [0.05, 0.1) is 24.3 Å². The summed E-state index contributed by atoms with van der Waals surface area (Å²) in [5.41, 5.74) is 3.93. The first-order valence-corrected chi connectivity index (χ1v) is 12.6. The number of benzene rings is 2. The lowest BCUT2D eigenvalue weighted by molar-refractivity contribution is -0.134. The van der Waals surface area contributed by atoms with Crippen LogP contribution in [0.4, 0.5) is 0 Å². The third-order valence-corrected chi connectivity index (χ3v) is 7.68. The monoisotopic (exact) mass is 484 g/mol. The molecule has 7 heteroatoms. The normalized spacial score (nSPS) is 20.2. The Morgan fingerprint density at radius 2 is 1.81 bits per heavy atom. The van der Waals surface area contributed by atoms with Crippen molar-refractivity contribution in [1.29, 1.82) is 0 Å². The molecule has 5 rings (SSSR count). The van der Waals surface area contributed by atoms with Gasteiger partial charge in [0.15, 0.2) is 0 Å². The molecule has 2 heterocycles. The number of fused-ring (bicyclic) bond motifs is 2. The maximum absolute atomic E-state index is 13.0.